The highest BCUT2D eigenvalue weighted by Gasteiger charge is 2.42. The summed E-state index contributed by atoms with van der Waals surface area (Å²) in [6.45, 7) is 1.99. The van der Waals surface area contributed by atoms with Crippen LogP contribution in [0.2, 0.25) is 0 Å². The fourth-order valence-electron chi connectivity index (χ4n) is 3.56. The molecule has 2 N–H and O–H groups in total. The summed E-state index contributed by atoms with van der Waals surface area (Å²) in [5.41, 5.74) is 1.39. The van der Waals surface area contributed by atoms with Gasteiger partial charge in [0.15, 0.2) is 0 Å². The molecule has 1 saturated heterocycles. The molecular weight excluding hydrogens is 309 g/mol. The molecule has 0 spiro atoms. The third kappa shape index (κ3) is 3.50. The van der Waals surface area contributed by atoms with Crippen LogP contribution in [0.3, 0.4) is 0 Å². The molecule has 5 nitrogen and oxygen atoms in total. The smallest absolute Gasteiger partial charge is 0.123 e. The van der Waals surface area contributed by atoms with Gasteiger partial charge in [-0.25, -0.2) is 4.39 Å². The number of benzene rings is 1. The summed E-state index contributed by atoms with van der Waals surface area (Å²) in [5, 5.41) is 24.8. The number of aryl methyl sites for hydroxylation is 1. The number of aliphatic hydroxyl groups is 2. The number of nitrogens with zero attached hydrogens (tertiary/aromatic N) is 3. The number of hydrogen-bond donors (Lipinski definition) is 2. The lowest BCUT2D eigenvalue weighted by atomic mass is 9.73. The number of rotatable bonds is 5. The van der Waals surface area contributed by atoms with Gasteiger partial charge in [-0.2, -0.15) is 5.10 Å². The lowest BCUT2D eigenvalue weighted by Crippen LogP contribution is -2.54. The predicted molar refractivity (Wildman–Crippen MR) is 88.7 cm³/mol. The molecule has 0 unspecified atom stereocenters. The van der Waals surface area contributed by atoms with Gasteiger partial charge in [-0.15, -0.1) is 0 Å². The van der Waals surface area contributed by atoms with Crippen LogP contribution in [0.5, 0.6) is 0 Å². The van der Waals surface area contributed by atoms with Crippen LogP contribution in [0.4, 0.5) is 4.39 Å². The molecular formula is C18H24FN3O2. The van der Waals surface area contributed by atoms with Gasteiger partial charge < -0.3 is 10.2 Å². The Morgan fingerprint density at radius 3 is 2.67 bits per heavy atom. The highest BCUT2D eigenvalue weighted by atomic mass is 19.1. The van der Waals surface area contributed by atoms with Gasteiger partial charge >= 0.3 is 0 Å². The zero-order chi connectivity index (χ0) is 17.2. The molecule has 0 aliphatic carbocycles. The molecule has 130 valence electrons. The molecule has 6 heteroatoms. The van der Waals surface area contributed by atoms with Crippen molar-refractivity contribution >= 4 is 0 Å². The number of piperidine rings is 1. The van der Waals surface area contributed by atoms with Gasteiger partial charge in [0, 0.05) is 38.3 Å². The van der Waals surface area contributed by atoms with Crippen LogP contribution >= 0.6 is 0 Å². The van der Waals surface area contributed by atoms with Crippen molar-refractivity contribution in [3.63, 3.8) is 0 Å². The van der Waals surface area contributed by atoms with Crippen LogP contribution in [0.1, 0.15) is 17.7 Å². The van der Waals surface area contributed by atoms with Gasteiger partial charge in [0.1, 0.15) is 5.82 Å². The topological polar surface area (TPSA) is 61.5 Å². The van der Waals surface area contributed by atoms with E-state index in [2.05, 4.69) is 10.00 Å². The van der Waals surface area contributed by atoms with Crippen LogP contribution < -0.4 is 0 Å². The summed E-state index contributed by atoms with van der Waals surface area (Å²) in [5.74, 6) is -0.279. The minimum absolute atomic E-state index is 0.104. The molecule has 0 saturated carbocycles. The summed E-state index contributed by atoms with van der Waals surface area (Å²) < 4.78 is 15.0. The summed E-state index contributed by atoms with van der Waals surface area (Å²) in [7, 11) is 1.91. The maximum Gasteiger partial charge on any atom is 0.123 e. The van der Waals surface area contributed by atoms with Crippen LogP contribution in [0.25, 0.3) is 0 Å². The fourth-order valence-corrected chi connectivity index (χ4v) is 3.56. The molecule has 2 atom stereocenters. The Hall–Kier alpha value is -1.76. The Labute approximate surface area is 141 Å². The molecule has 1 aromatic heterocycles. The van der Waals surface area contributed by atoms with Crippen molar-refractivity contribution < 1.29 is 14.6 Å². The molecule has 0 amide bonds. The normalized spacial score (nSPS) is 25.1. The largest absolute Gasteiger partial charge is 0.396 e. The molecule has 2 heterocycles. The summed E-state index contributed by atoms with van der Waals surface area (Å²) in [6, 6.07) is 8.26. The number of aromatic nitrogens is 2. The first kappa shape index (κ1) is 17.1. The van der Waals surface area contributed by atoms with E-state index in [1.807, 2.05) is 17.8 Å². The summed E-state index contributed by atoms with van der Waals surface area (Å²) in [4.78, 5) is 2.24. The number of aliphatic hydroxyl groups excluding tert-OH is 2. The lowest BCUT2D eigenvalue weighted by molar-refractivity contribution is -0.0772. The number of hydrogen-bond acceptors (Lipinski definition) is 4. The molecule has 1 aromatic carbocycles. The maximum absolute atomic E-state index is 13.1. The zero-order valence-corrected chi connectivity index (χ0v) is 13.9. The van der Waals surface area contributed by atoms with Gasteiger partial charge in [-0.1, -0.05) is 12.1 Å². The van der Waals surface area contributed by atoms with E-state index in [0.717, 1.165) is 24.3 Å². The minimum atomic E-state index is -0.630. The lowest BCUT2D eigenvalue weighted by Gasteiger charge is -2.45. The van der Waals surface area contributed by atoms with Crippen LogP contribution in [0.15, 0.2) is 36.5 Å². The molecule has 2 aromatic rings. The van der Waals surface area contributed by atoms with E-state index >= 15 is 0 Å². The van der Waals surface area contributed by atoms with Gasteiger partial charge in [-0.3, -0.25) is 9.58 Å². The first-order chi connectivity index (χ1) is 11.5. The van der Waals surface area contributed by atoms with Crippen molar-refractivity contribution in [1.29, 1.82) is 0 Å². The standard InChI is InChI=1S/C18H24FN3O2/c1-21-16(6-8-20-21)11-22-9-7-17(24)18(12-22,13-23)10-14-2-4-15(19)5-3-14/h2-6,8,17,23-24H,7,9-13H2,1H3/t17-,18-/m0/s1. The van der Waals surface area contributed by atoms with E-state index in [1.165, 1.54) is 12.1 Å². The maximum atomic E-state index is 13.1. The monoisotopic (exact) mass is 333 g/mol. The molecule has 24 heavy (non-hydrogen) atoms. The highest BCUT2D eigenvalue weighted by molar-refractivity contribution is 5.19. The minimum Gasteiger partial charge on any atom is -0.396 e. The van der Waals surface area contributed by atoms with E-state index < -0.39 is 11.5 Å². The van der Waals surface area contributed by atoms with Crippen molar-refractivity contribution in [2.45, 2.75) is 25.5 Å². The first-order valence-corrected chi connectivity index (χ1v) is 8.25. The molecule has 3 rings (SSSR count). The molecule has 1 fully saturated rings. The second-order valence-corrected chi connectivity index (χ2v) is 6.79. The number of halogens is 1. The van der Waals surface area contributed by atoms with E-state index in [1.54, 1.807) is 18.3 Å². The van der Waals surface area contributed by atoms with E-state index in [0.29, 0.717) is 19.4 Å². The van der Waals surface area contributed by atoms with E-state index in [9.17, 15) is 14.6 Å². The first-order valence-electron chi connectivity index (χ1n) is 8.25. The summed E-state index contributed by atoms with van der Waals surface area (Å²) >= 11 is 0. The molecule has 0 bridgehead atoms. The van der Waals surface area contributed by atoms with Crippen LogP contribution in [-0.4, -0.2) is 50.7 Å². The second kappa shape index (κ2) is 7.01. The average molecular weight is 333 g/mol. The Kier molecular flexibility index (Phi) is 4.99. The van der Waals surface area contributed by atoms with Crippen LogP contribution in [0, 0.1) is 11.2 Å². The third-order valence-corrected chi connectivity index (χ3v) is 5.06. The average Bonchev–Trinajstić information content (AvgIpc) is 2.98. The molecule has 0 radical (unpaired) electrons. The van der Waals surface area contributed by atoms with Crippen molar-refractivity contribution in [3.8, 4) is 0 Å². The molecule has 1 aliphatic heterocycles. The zero-order valence-electron chi connectivity index (χ0n) is 13.9. The van der Waals surface area contributed by atoms with Gasteiger partial charge in [0.2, 0.25) is 0 Å². The Bertz CT molecular complexity index is 673. The Morgan fingerprint density at radius 1 is 1.29 bits per heavy atom. The van der Waals surface area contributed by atoms with Crippen molar-refractivity contribution in [1.82, 2.24) is 14.7 Å². The predicted octanol–water partition coefficient (Wildman–Crippen LogP) is 1.35. The number of likely N-dealkylation sites (tertiary alicyclic amines) is 1. The second-order valence-electron chi connectivity index (χ2n) is 6.79. The van der Waals surface area contributed by atoms with Crippen molar-refractivity contribution in [2.75, 3.05) is 19.7 Å². The Balaban J connectivity index is 1.76. The quantitative estimate of drug-likeness (QED) is 0.867. The fraction of sp³-hybridized carbons (Fsp3) is 0.500. The molecule has 1 aliphatic rings. The Morgan fingerprint density at radius 2 is 2.04 bits per heavy atom. The van der Waals surface area contributed by atoms with Crippen molar-refractivity contribution in [3.05, 3.63) is 53.6 Å². The third-order valence-electron chi connectivity index (χ3n) is 5.06. The van der Waals surface area contributed by atoms with Gasteiger partial charge in [0.05, 0.1) is 18.4 Å². The van der Waals surface area contributed by atoms with E-state index in [4.69, 9.17) is 0 Å². The summed E-state index contributed by atoms with van der Waals surface area (Å²) in [6.07, 6.45) is 2.33. The highest BCUT2D eigenvalue weighted by Crippen LogP contribution is 2.34. The van der Waals surface area contributed by atoms with Gasteiger partial charge in [0.25, 0.3) is 0 Å². The van der Waals surface area contributed by atoms with Gasteiger partial charge in [-0.05, 0) is 36.6 Å². The van der Waals surface area contributed by atoms with Crippen LogP contribution in [-0.2, 0) is 20.0 Å². The SMILES string of the molecule is Cn1nccc1CN1CC[C@H](O)[C@@](CO)(Cc2ccc(F)cc2)C1. The van der Waals surface area contributed by atoms with Crippen molar-refractivity contribution in [2.24, 2.45) is 12.5 Å². The van der Waals surface area contributed by atoms with E-state index in [-0.39, 0.29) is 12.4 Å².